The summed E-state index contributed by atoms with van der Waals surface area (Å²) in [5.41, 5.74) is 9.75. The number of Topliss-reactive ketones (excluding diaryl/α,β-unsaturated/α-hetero) is 1. The molecule has 1 atom stereocenters. The van der Waals surface area contributed by atoms with E-state index in [1.165, 1.54) is 42.5 Å². The molecule has 2 aliphatic rings. The van der Waals surface area contributed by atoms with Gasteiger partial charge < -0.3 is 30.2 Å². The number of pyridine rings is 4. The summed E-state index contributed by atoms with van der Waals surface area (Å²) in [6, 6.07) is 52.4. The Labute approximate surface area is 510 Å². The Hall–Kier alpha value is -9.55. The maximum atomic E-state index is 14.2. The minimum atomic E-state index is -0.604. The number of aromatic nitrogens is 4. The molecule has 1 aliphatic carbocycles. The summed E-state index contributed by atoms with van der Waals surface area (Å²) >= 11 is 5.85. The van der Waals surface area contributed by atoms with Crippen LogP contribution in [0.25, 0.3) is 33.4 Å². The highest BCUT2D eigenvalue weighted by Crippen LogP contribution is 2.41. The highest BCUT2D eigenvalue weighted by atomic mass is 32.1. The van der Waals surface area contributed by atoms with Crippen molar-refractivity contribution in [2.24, 2.45) is 0 Å². The molecule has 1 unspecified atom stereocenters. The zero-order valence-corrected chi connectivity index (χ0v) is 49.0. The molecule has 10 rings (SSSR count). The molecule has 0 saturated carbocycles. The molecule has 4 aromatic carbocycles. The SMILES string of the molecule is O=C(NCCCCC(NC(=S)Nc1ccc(-c2c3ccc(=O)cc-3oc3cc(O)ccc23)cc1)C(=O)CCCCCOc1cc(CN(Cc2ccccn2)Cc2ccccn2)cc(CN(Cc2ccccn2)Cc2ccccn2)c1)c1ccc([18F])cc1. The summed E-state index contributed by atoms with van der Waals surface area (Å²) in [5, 5.41) is 20.8. The number of phenolic OH excluding ortho intramolecular Hbond substituents is 1. The molecule has 0 radical (unpaired) electrons. The number of ether oxygens (including phenoxy) is 1. The van der Waals surface area contributed by atoms with E-state index >= 15 is 0 Å². The summed E-state index contributed by atoms with van der Waals surface area (Å²) in [6.45, 7) is 4.54. The second kappa shape index (κ2) is 30.5. The number of rotatable bonds is 29. The molecule has 5 heterocycles. The van der Waals surface area contributed by atoms with Gasteiger partial charge in [-0.15, -0.1) is 0 Å². The number of fused-ring (bicyclic) bond motifs is 2. The van der Waals surface area contributed by atoms with Crippen LogP contribution in [-0.4, -0.2) is 70.8 Å². The smallest absolute Gasteiger partial charge is 0.251 e. The molecule has 1 aliphatic heterocycles. The fourth-order valence-electron chi connectivity index (χ4n) is 10.6. The Kier molecular flexibility index (Phi) is 21.2. The van der Waals surface area contributed by atoms with Gasteiger partial charge in [0.15, 0.2) is 16.3 Å². The molecule has 17 heteroatoms. The second-order valence-corrected chi connectivity index (χ2v) is 21.9. The number of amides is 1. The maximum Gasteiger partial charge on any atom is 0.251 e. The first-order valence-corrected chi connectivity index (χ1v) is 29.7. The number of aromatic hydroxyl groups is 1. The molecule has 0 bridgehead atoms. The fourth-order valence-corrected chi connectivity index (χ4v) is 10.8. The van der Waals surface area contributed by atoms with Crippen molar-refractivity contribution in [3.63, 3.8) is 0 Å². The van der Waals surface area contributed by atoms with Crippen molar-refractivity contribution in [1.82, 2.24) is 40.4 Å². The molecule has 442 valence electrons. The van der Waals surface area contributed by atoms with Gasteiger partial charge in [-0.2, -0.15) is 0 Å². The predicted octanol–water partition coefficient (Wildman–Crippen LogP) is 12.9. The van der Waals surface area contributed by atoms with Gasteiger partial charge in [-0.1, -0.05) is 42.5 Å². The number of nitrogens with one attached hydrogen (secondary N) is 3. The van der Waals surface area contributed by atoms with E-state index in [4.69, 9.17) is 21.4 Å². The highest BCUT2D eigenvalue weighted by molar-refractivity contribution is 7.80. The number of benzene rings is 5. The van der Waals surface area contributed by atoms with E-state index in [0.717, 1.165) is 74.6 Å². The minimum Gasteiger partial charge on any atom is -0.508 e. The third-order valence-corrected chi connectivity index (χ3v) is 15.0. The summed E-state index contributed by atoms with van der Waals surface area (Å²) < 4.78 is 26.2. The van der Waals surface area contributed by atoms with Crippen molar-refractivity contribution < 1.29 is 28.2 Å². The number of unbranched alkanes of at least 4 members (excludes halogenated alkanes) is 3. The van der Waals surface area contributed by atoms with Crippen LogP contribution in [0.15, 0.2) is 210 Å². The standard InChI is InChI=1S/C70H68FN9O6S/c71-53-24-20-52(21-25-53)69(84)76-36-12-7-18-64(78-70(87)77-54-26-22-51(23-27-54)68-62-30-28-59(81)41-66(62)86-67-42-60(82)29-31-63(67)68)65(83)19-2-1-13-37-85-61-39-49(43-79(45-55-14-3-8-32-72-55)46-56-15-4-9-33-73-56)38-50(40-61)44-80(47-57-16-5-10-34-74-57)48-58-17-6-11-35-75-58/h3-6,8-11,14-17,20-35,38-42,64,81H,1-2,7,12-13,18-19,36-37,43-48H2,(H,76,84)(H2,77,78,87)/i71-1. The van der Waals surface area contributed by atoms with E-state index in [0.29, 0.717) is 107 Å². The lowest BCUT2D eigenvalue weighted by atomic mass is 9.93. The first-order valence-electron chi connectivity index (χ1n) is 29.3. The van der Waals surface area contributed by atoms with Gasteiger partial charge in [-0.25, -0.2) is 4.39 Å². The summed E-state index contributed by atoms with van der Waals surface area (Å²) in [6.07, 6.45) is 11.4. The number of carbonyl (C=O) groups excluding carboxylic acids is 2. The van der Waals surface area contributed by atoms with Crippen LogP contribution in [0.3, 0.4) is 0 Å². The van der Waals surface area contributed by atoms with Gasteiger partial charge in [0, 0.05) is 117 Å². The van der Waals surface area contributed by atoms with Crippen LogP contribution in [0.2, 0.25) is 0 Å². The van der Waals surface area contributed by atoms with Gasteiger partial charge >= 0.3 is 0 Å². The van der Waals surface area contributed by atoms with Crippen LogP contribution < -0.4 is 26.1 Å². The van der Waals surface area contributed by atoms with Gasteiger partial charge in [0.25, 0.3) is 5.91 Å². The lowest BCUT2D eigenvalue weighted by molar-refractivity contribution is -0.121. The van der Waals surface area contributed by atoms with Crippen molar-refractivity contribution in [3.8, 4) is 33.9 Å². The Morgan fingerprint density at radius 2 is 1.22 bits per heavy atom. The van der Waals surface area contributed by atoms with Gasteiger partial charge in [0.2, 0.25) is 0 Å². The predicted molar refractivity (Wildman–Crippen MR) is 340 cm³/mol. The number of nitrogens with zero attached hydrogens (tertiary/aromatic N) is 6. The lowest BCUT2D eigenvalue weighted by Gasteiger charge is -2.25. The van der Waals surface area contributed by atoms with Gasteiger partial charge in [-0.3, -0.25) is 44.1 Å². The number of anilines is 1. The van der Waals surface area contributed by atoms with Crippen LogP contribution in [-0.2, 0) is 44.1 Å². The van der Waals surface area contributed by atoms with Crippen molar-refractivity contribution in [2.45, 2.75) is 90.3 Å². The van der Waals surface area contributed by atoms with Crippen molar-refractivity contribution in [1.29, 1.82) is 0 Å². The van der Waals surface area contributed by atoms with Gasteiger partial charge in [0.1, 0.15) is 28.7 Å². The summed E-state index contributed by atoms with van der Waals surface area (Å²) in [4.78, 5) is 62.6. The van der Waals surface area contributed by atoms with Crippen LogP contribution in [0.1, 0.15) is 89.2 Å². The summed E-state index contributed by atoms with van der Waals surface area (Å²) in [5.74, 6) is 0.512. The minimum absolute atomic E-state index is 0.0190. The molecule has 15 nitrogen and oxygen atoms in total. The van der Waals surface area contributed by atoms with E-state index in [9.17, 15) is 23.9 Å². The number of hydrogen-bond donors (Lipinski definition) is 4. The quantitative estimate of drug-likeness (QED) is 0.0197. The third kappa shape index (κ3) is 18.0. The number of halogens is 1. The third-order valence-electron chi connectivity index (χ3n) is 14.7. The molecule has 0 spiro atoms. The number of hydrogen-bond acceptors (Lipinski definition) is 13. The lowest BCUT2D eigenvalue weighted by Crippen LogP contribution is -2.43. The molecule has 0 fully saturated rings. The first kappa shape index (κ1) is 60.6. The average Bonchev–Trinajstić information content (AvgIpc) is 2.20. The molecule has 0 saturated heterocycles. The van der Waals surface area contributed by atoms with Crippen LogP contribution in [0, 0.1) is 5.82 Å². The van der Waals surface area contributed by atoms with Crippen LogP contribution in [0.4, 0.5) is 10.1 Å². The van der Waals surface area contributed by atoms with E-state index in [2.05, 4.69) is 63.9 Å². The first-order chi connectivity index (χ1) is 42.5. The van der Waals surface area contributed by atoms with Crippen LogP contribution >= 0.6 is 12.2 Å². The van der Waals surface area contributed by atoms with E-state index in [-0.39, 0.29) is 28.0 Å². The number of thiocarbonyl (C=S) groups is 1. The molecule has 4 aromatic heterocycles. The number of phenols is 1. The van der Waals surface area contributed by atoms with Gasteiger partial charge in [0.05, 0.1) is 35.4 Å². The monoisotopic (exact) mass is 1180 g/mol. The topological polar surface area (TPSA) is 188 Å². The Morgan fingerprint density at radius 1 is 0.621 bits per heavy atom. The maximum absolute atomic E-state index is 14.2. The van der Waals surface area contributed by atoms with Gasteiger partial charge in [-0.05, 0) is 189 Å². The second-order valence-electron chi connectivity index (χ2n) is 21.5. The van der Waals surface area contributed by atoms with E-state index < -0.39 is 11.9 Å². The summed E-state index contributed by atoms with van der Waals surface area (Å²) in [7, 11) is 0. The normalized spacial score (nSPS) is 11.7. The van der Waals surface area contributed by atoms with Crippen molar-refractivity contribution in [3.05, 3.63) is 256 Å². The Bertz CT molecular complexity index is 3700. The van der Waals surface area contributed by atoms with Crippen molar-refractivity contribution >= 4 is 45.7 Å². The Morgan fingerprint density at radius 3 is 1.79 bits per heavy atom. The van der Waals surface area contributed by atoms with E-state index in [1.807, 2.05) is 122 Å². The molecule has 87 heavy (non-hydrogen) atoms. The van der Waals surface area contributed by atoms with Crippen LogP contribution in [0.5, 0.6) is 11.5 Å². The Balaban J connectivity index is 0.796. The average molecular weight is 1180 g/mol. The fraction of sp³-hybridized carbons (Fsp3) is 0.229. The molecule has 1 amide bonds. The molecule has 8 aromatic rings. The number of ketones is 1. The largest absolute Gasteiger partial charge is 0.508 e. The molecular weight excluding hydrogens is 1110 g/mol. The van der Waals surface area contributed by atoms with E-state index in [1.54, 1.807) is 18.2 Å². The highest BCUT2D eigenvalue weighted by Gasteiger charge is 2.22. The molecular formula is C70H68FN9O6S. The number of carbonyl (C=O) groups is 2. The van der Waals surface area contributed by atoms with Crippen molar-refractivity contribution in [2.75, 3.05) is 18.5 Å². The zero-order valence-electron chi connectivity index (χ0n) is 48.2. The zero-order chi connectivity index (χ0) is 60.2. The molecule has 4 N–H and O–H groups in total.